The first-order chi connectivity index (χ1) is 16.5. The molecular weight excluding hydrogens is 430 g/mol. The standard InChI is InChI=1S/C27H29N3O4/c1-2-34-25(31)17-23(21-12-7-4-8-13-21)19-28-26(32)22-14-9-15-24(16-22)30-27(33)29-18-20-10-5-3-6-11-20/h3-16,23H,2,17-19H2,1H3,(H,28,32)(H2,29,30,33). The fourth-order valence-corrected chi connectivity index (χ4v) is 3.46. The zero-order chi connectivity index (χ0) is 24.2. The predicted octanol–water partition coefficient (Wildman–Crippen LogP) is 4.48. The van der Waals surface area contributed by atoms with E-state index in [2.05, 4.69) is 16.0 Å². The highest BCUT2D eigenvalue weighted by Gasteiger charge is 2.18. The van der Waals surface area contributed by atoms with Crippen molar-refractivity contribution >= 4 is 23.6 Å². The van der Waals surface area contributed by atoms with E-state index < -0.39 is 0 Å². The van der Waals surface area contributed by atoms with Gasteiger partial charge >= 0.3 is 12.0 Å². The third kappa shape index (κ3) is 7.78. The van der Waals surface area contributed by atoms with Crippen LogP contribution in [-0.4, -0.2) is 31.1 Å². The lowest BCUT2D eigenvalue weighted by atomic mass is 9.95. The number of hydrogen-bond donors (Lipinski definition) is 3. The summed E-state index contributed by atoms with van der Waals surface area (Å²) in [7, 11) is 0. The number of urea groups is 1. The number of esters is 1. The molecule has 1 atom stereocenters. The Hall–Kier alpha value is -4.13. The maximum absolute atomic E-state index is 12.8. The summed E-state index contributed by atoms with van der Waals surface area (Å²) in [5.74, 6) is -0.814. The van der Waals surface area contributed by atoms with Crippen molar-refractivity contribution in [3.05, 3.63) is 102 Å². The minimum absolute atomic E-state index is 0.168. The van der Waals surface area contributed by atoms with Crippen molar-refractivity contribution in [1.82, 2.24) is 10.6 Å². The lowest BCUT2D eigenvalue weighted by Gasteiger charge is -2.17. The molecular formula is C27H29N3O4. The van der Waals surface area contributed by atoms with Gasteiger partial charge in [-0.1, -0.05) is 66.7 Å². The summed E-state index contributed by atoms with van der Waals surface area (Å²) >= 11 is 0. The molecule has 34 heavy (non-hydrogen) atoms. The summed E-state index contributed by atoms with van der Waals surface area (Å²) in [5, 5.41) is 8.43. The third-order valence-corrected chi connectivity index (χ3v) is 5.18. The lowest BCUT2D eigenvalue weighted by molar-refractivity contribution is -0.143. The van der Waals surface area contributed by atoms with Crippen molar-refractivity contribution < 1.29 is 19.1 Å². The Morgan fingerprint density at radius 2 is 1.56 bits per heavy atom. The van der Waals surface area contributed by atoms with Crippen molar-refractivity contribution in [2.45, 2.75) is 25.8 Å². The van der Waals surface area contributed by atoms with Crippen molar-refractivity contribution in [2.24, 2.45) is 0 Å². The average Bonchev–Trinajstić information content (AvgIpc) is 2.86. The molecule has 3 N–H and O–H groups in total. The highest BCUT2D eigenvalue weighted by atomic mass is 16.5. The van der Waals surface area contributed by atoms with Crippen LogP contribution < -0.4 is 16.0 Å². The number of benzene rings is 3. The number of rotatable bonds is 10. The molecule has 0 bridgehead atoms. The van der Waals surface area contributed by atoms with Gasteiger partial charge in [-0.05, 0) is 36.2 Å². The molecule has 0 fully saturated rings. The van der Waals surface area contributed by atoms with Crippen LogP contribution in [0.4, 0.5) is 10.5 Å². The molecule has 176 valence electrons. The number of ether oxygens (including phenoxy) is 1. The van der Waals surface area contributed by atoms with Gasteiger partial charge < -0.3 is 20.7 Å². The molecule has 0 aliphatic rings. The Bertz CT molecular complexity index is 1090. The van der Waals surface area contributed by atoms with E-state index in [9.17, 15) is 14.4 Å². The first kappa shape index (κ1) is 24.5. The van der Waals surface area contributed by atoms with Gasteiger partial charge in [-0.25, -0.2) is 4.79 Å². The van der Waals surface area contributed by atoms with E-state index in [0.29, 0.717) is 24.4 Å². The minimum atomic E-state index is -0.361. The summed E-state index contributed by atoms with van der Waals surface area (Å²) < 4.78 is 5.09. The second-order valence-corrected chi connectivity index (χ2v) is 7.70. The molecule has 0 saturated carbocycles. The maximum atomic E-state index is 12.8. The number of amides is 3. The second-order valence-electron chi connectivity index (χ2n) is 7.70. The summed E-state index contributed by atoms with van der Waals surface area (Å²) in [6.45, 7) is 2.75. The smallest absolute Gasteiger partial charge is 0.319 e. The van der Waals surface area contributed by atoms with Crippen LogP contribution in [0.15, 0.2) is 84.9 Å². The molecule has 0 aliphatic carbocycles. The van der Waals surface area contributed by atoms with E-state index in [1.165, 1.54) is 0 Å². The number of carbonyl (C=O) groups is 3. The molecule has 0 heterocycles. The quantitative estimate of drug-likeness (QED) is 0.390. The number of carbonyl (C=O) groups excluding carboxylic acids is 3. The zero-order valence-electron chi connectivity index (χ0n) is 19.1. The molecule has 7 heteroatoms. The summed E-state index contributed by atoms with van der Waals surface area (Å²) in [6, 6.07) is 25.5. The Morgan fingerprint density at radius 3 is 2.26 bits per heavy atom. The van der Waals surface area contributed by atoms with Crippen LogP contribution in [0, 0.1) is 0 Å². The molecule has 3 aromatic carbocycles. The van der Waals surface area contributed by atoms with Crippen LogP contribution in [0.3, 0.4) is 0 Å². The Kier molecular flexibility index (Phi) is 9.22. The second kappa shape index (κ2) is 12.8. The molecule has 3 amide bonds. The molecule has 3 rings (SSSR count). The van der Waals surface area contributed by atoms with Crippen LogP contribution in [-0.2, 0) is 16.1 Å². The molecule has 1 unspecified atom stereocenters. The Balaban J connectivity index is 1.57. The average molecular weight is 460 g/mol. The topological polar surface area (TPSA) is 96.5 Å². The van der Waals surface area contributed by atoms with Gasteiger partial charge in [-0.15, -0.1) is 0 Å². The van der Waals surface area contributed by atoms with E-state index in [4.69, 9.17) is 4.74 Å². The van der Waals surface area contributed by atoms with Gasteiger partial charge in [0.25, 0.3) is 5.91 Å². The third-order valence-electron chi connectivity index (χ3n) is 5.18. The SMILES string of the molecule is CCOC(=O)CC(CNC(=O)c1cccc(NC(=O)NCc2ccccc2)c1)c1ccccc1. The number of anilines is 1. The molecule has 0 radical (unpaired) electrons. The number of hydrogen-bond acceptors (Lipinski definition) is 4. The van der Waals surface area contributed by atoms with Gasteiger partial charge in [0.2, 0.25) is 0 Å². The van der Waals surface area contributed by atoms with Crippen molar-refractivity contribution in [3.63, 3.8) is 0 Å². The molecule has 7 nitrogen and oxygen atoms in total. The van der Waals surface area contributed by atoms with E-state index in [1.807, 2.05) is 60.7 Å². The van der Waals surface area contributed by atoms with Crippen LogP contribution in [0.1, 0.15) is 40.7 Å². The van der Waals surface area contributed by atoms with Crippen LogP contribution >= 0.6 is 0 Å². The summed E-state index contributed by atoms with van der Waals surface area (Å²) in [4.78, 5) is 37.1. The van der Waals surface area contributed by atoms with Crippen LogP contribution in [0.2, 0.25) is 0 Å². The monoisotopic (exact) mass is 459 g/mol. The van der Waals surface area contributed by atoms with Gasteiger partial charge in [0, 0.05) is 30.3 Å². The molecule has 3 aromatic rings. The summed E-state index contributed by atoms with van der Waals surface area (Å²) in [5.41, 5.74) is 2.84. The van der Waals surface area contributed by atoms with Crippen molar-refractivity contribution in [3.8, 4) is 0 Å². The van der Waals surface area contributed by atoms with Crippen LogP contribution in [0.5, 0.6) is 0 Å². The molecule has 0 aliphatic heterocycles. The Labute approximate surface area is 199 Å². The first-order valence-corrected chi connectivity index (χ1v) is 11.2. The predicted molar refractivity (Wildman–Crippen MR) is 132 cm³/mol. The van der Waals surface area contributed by atoms with Gasteiger partial charge in [0.15, 0.2) is 0 Å². The lowest BCUT2D eigenvalue weighted by Crippen LogP contribution is -2.30. The van der Waals surface area contributed by atoms with E-state index in [1.54, 1.807) is 31.2 Å². The van der Waals surface area contributed by atoms with Gasteiger partial charge in [0.1, 0.15) is 0 Å². The van der Waals surface area contributed by atoms with E-state index >= 15 is 0 Å². The molecule has 0 saturated heterocycles. The highest BCUT2D eigenvalue weighted by Crippen LogP contribution is 2.20. The zero-order valence-corrected chi connectivity index (χ0v) is 19.1. The Morgan fingerprint density at radius 1 is 0.853 bits per heavy atom. The highest BCUT2D eigenvalue weighted by molar-refractivity contribution is 5.97. The van der Waals surface area contributed by atoms with Gasteiger partial charge in [0.05, 0.1) is 13.0 Å². The van der Waals surface area contributed by atoms with E-state index in [0.717, 1.165) is 11.1 Å². The molecule has 0 spiro atoms. The number of nitrogens with one attached hydrogen (secondary N) is 3. The minimum Gasteiger partial charge on any atom is -0.466 e. The largest absolute Gasteiger partial charge is 0.466 e. The summed E-state index contributed by atoms with van der Waals surface area (Å²) in [6.07, 6.45) is 0.168. The van der Waals surface area contributed by atoms with E-state index in [-0.39, 0.29) is 36.8 Å². The van der Waals surface area contributed by atoms with Crippen LogP contribution in [0.25, 0.3) is 0 Å². The van der Waals surface area contributed by atoms with Gasteiger partial charge in [-0.3, -0.25) is 9.59 Å². The fraction of sp³-hybridized carbons (Fsp3) is 0.222. The maximum Gasteiger partial charge on any atom is 0.319 e. The van der Waals surface area contributed by atoms with Crippen molar-refractivity contribution in [2.75, 3.05) is 18.5 Å². The normalized spacial score (nSPS) is 11.2. The fourth-order valence-electron chi connectivity index (χ4n) is 3.46. The first-order valence-electron chi connectivity index (χ1n) is 11.2. The van der Waals surface area contributed by atoms with Crippen molar-refractivity contribution in [1.29, 1.82) is 0 Å². The molecule has 0 aromatic heterocycles. The van der Waals surface area contributed by atoms with Gasteiger partial charge in [-0.2, -0.15) is 0 Å².